The van der Waals surface area contributed by atoms with Crippen LogP contribution in [-0.2, 0) is 11.2 Å². The van der Waals surface area contributed by atoms with E-state index < -0.39 is 0 Å². The van der Waals surface area contributed by atoms with Gasteiger partial charge in [-0.25, -0.2) is 0 Å². The molecule has 0 aromatic heterocycles. The lowest BCUT2D eigenvalue weighted by atomic mass is 9.97. The van der Waals surface area contributed by atoms with Gasteiger partial charge in [-0.15, -0.1) is 0 Å². The summed E-state index contributed by atoms with van der Waals surface area (Å²) in [5.74, 6) is -0.0510. The lowest BCUT2D eigenvalue weighted by Gasteiger charge is -2.12. The third-order valence-corrected chi connectivity index (χ3v) is 3.47. The van der Waals surface area contributed by atoms with Gasteiger partial charge in [0.1, 0.15) is 0 Å². The van der Waals surface area contributed by atoms with Crippen molar-refractivity contribution in [3.63, 3.8) is 0 Å². The van der Waals surface area contributed by atoms with Gasteiger partial charge in [-0.05, 0) is 30.2 Å². The van der Waals surface area contributed by atoms with Gasteiger partial charge in [-0.1, -0.05) is 36.4 Å². The van der Waals surface area contributed by atoms with Crippen LogP contribution in [0.3, 0.4) is 0 Å². The van der Waals surface area contributed by atoms with Crippen molar-refractivity contribution in [3.05, 3.63) is 65.2 Å². The van der Waals surface area contributed by atoms with Crippen molar-refractivity contribution in [3.8, 4) is 0 Å². The van der Waals surface area contributed by atoms with Crippen LogP contribution in [0.25, 0.3) is 0 Å². The number of carbonyl (C=O) groups is 1. The summed E-state index contributed by atoms with van der Waals surface area (Å²) in [4.78, 5) is 12.5. The van der Waals surface area contributed by atoms with Crippen LogP contribution in [0.5, 0.6) is 0 Å². The molecule has 1 N–H and O–H groups in total. The van der Waals surface area contributed by atoms with Gasteiger partial charge in [0, 0.05) is 17.7 Å². The molecule has 0 spiro atoms. The van der Waals surface area contributed by atoms with E-state index in [4.69, 9.17) is 4.74 Å². The first-order valence-corrected chi connectivity index (χ1v) is 6.80. The van der Waals surface area contributed by atoms with Crippen molar-refractivity contribution in [2.75, 3.05) is 11.9 Å². The number of carbonyl (C=O) groups excluding carboxylic acids is 1. The van der Waals surface area contributed by atoms with Crippen LogP contribution in [0.2, 0.25) is 0 Å². The summed E-state index contributed by atoms with van der Waals surface area (Å²) in [6.45, 7) is 2.77. The molecular weight excluding hydrogens is 250 g/mol. The van der Waals surface area contributed by atoms with E-state index in [1.807, 2.05) is 55.5 Å². The Morgan fingerprint density at radius 2 is 1.95 bits per heavy atom. The molecule has 1 amide bonds. The summed E-state index contributed by atoms with van der Waals surface area (Å²) in [7, 11) is 0. The first-order valence-electron chi connectivity index (χ1n) is 6.80. The standard InChI is InChI=1S/C17H17NO2/c1-12-6-5-7-13(10-15-11-20-15)16(12)17(19)18-14-8-3-2-4-9-14/h2-9,15H,10-11H2,1H3,(H,18,19). The normalized spacial score (nSPS) is 16.8. The molecular formula is C17H17NO2. The zero-order chi connectivity index (χ0) is 13.9. The maximum Gasteiger partial charge on any atom is 0.256 e. The number of hydrogen-bond acceptors (Lipinski definition) is 2. The van der Waals surface area contributed by atoms with Crippen molar-refractivity contribution in [1.29, 1.82) is 0 Å². The number of nitrogens with one attached hydrogen (secondary N) is 1. The Balaban J connectivity index is 1.86. The molecule has 1 atom stereocenters. The number of para-hydroxylation sites is 1. The molecule has 1 aliphatic rings. The minimum atomic E-state index is -0.0510. The molecule has 1 unspecified atom stereocenters. The van der Waals surface area contributed by atoms with E-state index in [0.29, 0.717) is 0 Å². The number of anilines is 1. The largest absolute Gasteiger partial charge is 0.373 e. The minimum absolute atomic E-state index is 0.0510. The molecule has 0 radical (unpaired) electrons. The van der Waals surface area contributed by atoms with E-state index in [1.165, 1.54) is 0 Å². The number of amides is 1. The van der Waals surface area contributed by atoms with Crippen molar-refractivity contribution in [2.45, 2.75) is 19.4 Å². The average Bonchev–Trinajstić information content (AvgIpc) is 3.24. The summed E-state index contributed by atoms with van der Waals surface area (Å²) >= 11 is 0. The van der Waals surface area contributed by atoms with Crippen LogP contribution >= 0.6 is 0 Å². The second-order valence-electron chi connectivity index (χ2n) is 5.09. The van der Waals surface area contributed by atoms with Gasteiger partial charge < -0.3 is 10.1 Å². The van der Waals surface area contributed by atoms with E-state index >= 15 is 0 Å². The highest BCUT2D eigenvalue weighted by Gasteiger charge is 2.25. The third-order valence-electron chi connectivity index (χ3n) is 3.47. The van der Waals surface area contributed by atoms with Crippen LogP contribution in [0.15, 0.2) is 48.5 Å². The highest BCUT2D eigenvalue weighted by Crippen LogP contribution is 2.22. The number of hydrogen-bond donors (Lipinski definition) is 1. The van der Waals surface area contributed by atoms with Gasteiger partial charge in [-0.3, -0.25) is 4.79 Å². The van der Waals surface area contributed by atoms with E-state index in [0.717, 1.165) is 35.4 Å². The highest BCUT2D eigenvalue weighted by atomic mass is 16.6. The second kappa shape index (κ2) is 5.47. The number of rotatable bonds is 4. The summed E-state index contributed by atoms with van der Waals surface area (Å²) in [6.07, 6.45) is 1.08. The Bertz CT molecular complexity index is 618. The molecule has 1 saturated heterocycles. The highest BCUT2D eigenvalue weighted by molar-refractivity contribution is 6.06. The lowest BCUT2D eigenvalue weighted by molar-refractivity contribution is 0.102. The SMILES string of the molecule is Cc1cccc(CC2CO2)c1C(=O)Nc1ccccc1. The van der Waals surface area contributed by atoms with Gasteiger partial charge in [0.05, 0.1) is 12.7 Å². The number of ether oxygens (including phenoxy) is 1. The summed E-state index contributed by atoms with van der Waals surface area (Å²) in [6, 6.07) is 15.5. The average molecular weight is 267 g/mol. The fraction of sp³-hybridized carbons (Fsp3) is 0.235. The second-order valence-corrected chi connectivity index (χ2v) is 5.09. The van der Waals surface area contributed by atoms with Crippen molar-refractivity contribution < 1.29 is 9.53 Å². The molecule has 20 heavy (non-hydrogen) atoms. The molecule has 1 heterocycles. The van der Waals surface area contributed by atoms with Gasteiger partial charge in [-0.2, -0.15) is 0 Å². The van der Waals surface area contributed by atoms with Crippen LogP contribution in [0, 0.1) is 6.92 Å². The molecule has 102 valence electrons. The Morgan fingerprint density at radius 3 is 2.65 bits per heavy atom. The molecule has 1 aliphatic heterocycles. The van der Waals surface area contributed by atoms with Crippen molar-refractivity contribution >= 4 is 11.6 Å². The fourth-order valence-corrected chi connectivity index (χ4v) is 2.37. The maximum absolute atomic E-state index is 12.5. The Morgan fingerprint density at radius 1 is 1.20 bits per heavy atom. The predicted molar refractivity (Wildman–Crippen MR) is 79.0 cm³/mol. The molecule has 0 saturated carbocycles. The predicted octanol–water partition coefficient (Wildman–Crippen LogP) is 3.19. The van der Waals surface area contributed by atoms with Gasteiger partial charge in [0.25, 0.3) is 5.91 Å². The Kier molecular flexibility index (Phi) is 3.52. The van der Waals surface area contributed by atoms with Crippen molar-refractivity contribution in [2.24, 2.45) is 0 Å². The smallest absolute Gasteiger partial charge is 0.256 e. The van der Waals surface area contributed by atoms with Crippen LogP contribution in [-0.4, -0.2) is 18.6 Å². The number of benzene rings is 2. The molecule has 3 rings (SSSR count). The molecule has 0 aliphatic carbocycles. The van der Waals surface area contributed by atoms with Gasteiger partial charge in [0.2, 0.25) is 0 Å². The van der Waals surface area contributed by atoms with Crippen LogP contribution < -0.4 is 5.32 Å². The first kappa shape index (κ1) is 12.9. The quantitative estimate of drug-likeness (QED) is 0.864. The molecule has 3 nitrogen and oxygen atoms in total. The maximum atomic E-state index is 12.5. The van der Waals surface area contributed by atoms with Crippen LogP contribution in [0.1, 0.15) is 21.5 Å². The number of aryl methyl sites for hydroxylation is 1. The molecule has 0 bridgehead atoms. The topological polar surface area (TPSA) is 41.6 Å². The van der Waals surface area contributed by atoms with E-state index in [-0.39, 0.29) is 12.0 Å². The fourth-order valence-electron chi connectivity index (χ4n) is 2.37. The van der Waals surface area contributed by atoms with Crippen molar-refractivity contribution in [1.82, 2.24) is 0 Å². The Labute approximate surface area is 118 Å². The molecule has 1 fully saturated rings. The minimum Gasteiger partial charge on any atom is -0.373 e. The van der Waals surface area contributed by atoms with Gasteiger partial charge in [0.15, 0.2) is 0 Å². The van der Waals surface area contributed by atoms with E-state index in [2.05, 4.69) is 5.32 Å². The zero-order valence-electron chi connectivity index (χ0n) is 11.4. The molecule has 3 heteroatoms. The summed E-state index contributed by atoms with van der Waals surface area (Å²) in [5.41, 5.74) is 3.64. The monoisotopic (exact) mass is 267 g/mol. The summed E-state index contributed by atoms with van der Waals surface area (Å²) < 4.78 is 5.27. The third kappa shape index (κ3) is 2.89. The van der Waals surface area contributed by atoms with Crippen LogP contribution in [0.4, 0.5) is 5.69 Å². The Hall–Kier alpha value is -2.13. The molecule has 2 aromatic carbocycles. The first-order chi connectivity index (χ1) is 9.74. The number of epoxide rings is 1. The summed E-state index contributed by atoms with van der Waals surface area (Å²) in [5, 5.41) is 2.95. The lowest BCUT2D eigenvalue weighted by Crippen LogP contribution is -2.16. The van der Waals surface area contributed by atoms with Gasteiger partial charge >= 0.3 is 0 Å². The van der Waals surface area contributed by atoms with E-state index in [9.17, 15) is 4.79 Å². The van der Waals surface area contributed by atoms with E-state index in [1.54, 1.807) is 0 Å². The zero-order valence-corrected chi connectivity index (χ0v) is 11.4. The molecule has 2 aromatic rings.